The number of esters is 1. The van der Waals surface area contributed by atoms with Gasteiger partial charge in [0, 0.05) is 0 Å². The molecular weight excluding hydrogens is 356 g/mol. The van der Waals surface area contributed by atoms with Gasteiger partial charge in [0.05, 0.1) is 26.5 Å². The summed E-state index contributed by atoms with van der Waals surface area (Å²) in [5.74, 6) is -1.54. The van der Waals surface area contributed by atoms with Gasteiger partial charge in [0.2, 0.25) is 0 Å². The second-order valence-corrected chi connectivity index (χ2v) is 5.69. The molecule has 9 nitrogen and oxygen atoms in total. The van der Waals surface area contributed by atoms with Crippen LogP contribution in [0.1, 0.15) is 21.9 Å². The summed E-state index contributed by atoms with van der Waals surface area (Å²) in [5.41, 5.74) is 0.428. The fourth-order valence-electron chi connectivity index (χ4n) is 2.69. The number of urea groups is 1. The molecular formula is C18H16N2O7. The van der Waals surface area contributed by atoms with E-state index in [1.165, 1.54) is 32.4 Å². The molecule has 0 unspecified atom stereocenters. The molecule has 1 aliphatic heterocycles. The molecule has 9 heteroatoms. The van der Waals surface area contributed by atoms with Crippen LogP contribution in [-0.4, -0.2) is 42.9 Å². The van der Waals surface area contributed by atoms with E-state index in [0.29, 0.717) is 5.75 Å². The van der Waals surface area contributed by atoms with Crippen molar-refractivity contribution in [3.8, 4) is 5.75 Å². The van der Waals surface area contributed by atoms with Crippen molar-refractivity contribution in [2.45, 2.75) is 13.5 Å². The maximum atomic E-state index is 12.6. The van der Waals surface area contributed by atoms with E-state index in [1.54, 1.807) is 19.1 Å². The zero-order valence-electron chi connectivity index (χ0n) is 14.8. The predicted molar refractivity (Wildman–Crippen MR) is 91.2 cm³/mol. The van der Waals surface area contributed by atoms with Gasteiger partial charge in [0.1, 0.15) is 22.8 Å². The van der Waals surface area contributed by atoms with Crippen molar-refractivity contribution in [3.63, 3.8) is 0 Å². The number of furan rings is 1. The maximum absolute atomic E-state index is 12.6. The summed E-state index contributed by atoms with van der Waals surface area (Å²) in [4.78, 5) is 50.3. The van der Waals surface area contributed by atoms with Crippen LogP contribution in [0.25, 0.3) is 0 Å². The Kier molecular flexibility index (Phi) is 4.68. The Morgan fingerprint density at radius 1 is 1.07 bits per heavy atom. The van der Waals surface area contributed by atoms with Crippen LogP contribution in [0.4, 0.5) is 10.5 Å². The highest BCUT2D eigenvalue weighted by atomic mass is 16.5. The molecule has 1 aliphatic rings. The Balaban J connectivity index is 1.85. The van der Waals surface area contributed by atoms with Crippen molar-refractivity contribution >= 4 is 29.5 Å². The minimum atomic E-state index is -0.982. The average Bonchev–Trinajstić information content (AvgIpc) is 3.14. The van der Waals surface area contributed by atoms with Gasteiger partial charge in [-0.05, 0) is 37.3 Å². The lowest BCUT2D eigenvalue weighted by molar-refractivity contribution is -0.139. The number of methoxy groups -OCH3 is 2. The van der Waals surface area contributed by atoms with Crippen LogP contribution in [0.5, 0.6) is 5.75 Å². The summed E-state index contributed by atoms with van der Waals surface area (Å²) in [6.45, 7) is 1.27. The first-order valence-corrected chi connectivity index (χ1v) is 7.89. The van der Waals surface area contributed by atoms with Gasteiger partial charge >= 0.3 is 23.8 Å². The van der Waals surface area contributed by atoms with Crippen LogP contribution in [-0.2, 0) is 20.9 Å². The molecule has 1 aromatic heterocycles. The number of imide groups is 2. The molecule has 0 spiro atoms. The average molecular weight is 372 g/mol. The normalized spacial score (nSPS) is 14.1. The zero-order chi connectivity index (χ0) is 19.7. The standard InChI is InChI=1S/C18H16N2O7/c1-10-14(17(23)26-3)8-13(27-10)9-19-15(21)16(22)20(18(19)24)11-4-6-12(25-2)7-5-11/h4-8H,9H2,1-3H3. The van der Waals surface area contributed by atoms with Gasteiger partial charge in [0.15, 0.2) is 0 Å². The van der Waals surface area contributed by atoms with E-state index < -0.39 is 23.8 Å². The molecule has 0 radical (unpaired) electrons. The van der Waals surface area contributed by atoms with E-state index in [-0.39, 0.29) is 29.3 Å². The van der Waals surface area contributed by atoms with Crippen molar-refractivity contribution in [3.05, 3.63) is 47.4 Å². The van der Waals surface area contributed by atoms with Crippen LogP contribution in [0, 0.1) is 6.92 Å². The van der Waals surface area contributed by atoms with E-state index in [2.05, 4.69) is 4.74 Å². The molecule has 2 aromatic rings. The summed E-state index contributed by atoms with van der Waals surface area (Å²) in [6, 6.07) is 6.71. The van der Waals surface area contributed by atoms with Crippen molar-refractivity contribution in [1.82, 2.24) is 4.90 Å². The van der Waals surface area contributed by atoms with E-state index >= 15 is 0 Å². The smallest absolute Gasteiger partial charge is 0.341 e. The number of rotatable bonds is 5. The molecule has 1 saturated heterocycles. The molecule has 2 heterocycles. The first-order valence-electron chi connectivity index (χ1n) is 7.89. The number of anilines is 1. The summed E-state index contributed by atoms with van der Waals surface area (Å²) in [5, 5.41) is 0. The number of hydrogen-bond donors (Lipinski definition) is 0. The largest absolute Gasteiger partial charge is 0.497 e. The third-order valence-electron chi connectivity index (χ3n) is 4.07. The minimum Gasteiger partial charge on any atom is -0.497 e. The van der Waals surface area contributed by atoms with Crippen LogP contribution in [0.3, 0.4) is 0 Å². The molecule has 0 atom stereocenters. The predicted octanol–water partition coefficient (Wildman–Crippen LogP) is 1.88. The molecule has 0 N–H and O–H groups in total. The summed E-state index contributed by atoms with van der Waals surface area (Å²) in [7, 11) is 2.72. The highest BCUT2D eigenvalue weighted by molar-refractivity contribution is 6.52. The molecule has 0 saturated carbocycles. The Labute approximate surface area is 154 Å². The van der Waals surface area contributed by atoms with Crippen LogP contribution >= 0.6 is 0 Å². The van der Waals surface area contributed by atoms with Crippen LogP contribution < -0.4 is 9.64 Å². The van der Waals surface area contributed by atoms with Crippen molar-refractivity contribution in [2.24, 2.45) is 0 Å². The van der Waals surface area contributed by atoms with Crippen LogP contribution in [0.2, 0.25) is 0 Å². The molecule has 4 amide bonds. The second-order valence-electron chi connectivity index (χ2n) is 5.69. The highest BCUT2D eigenvalue weighted by Crippen LogP contribution is 2.26. The monoisotopic (exact) mass is 372 g/mol. The number of ether oxygens (including phenoxy) is 2. The Morgan fingerprint density at radius 3 is 2.33 bits per heavy atom. The molecule has 0 bridgehead atoms. The fraction of sp³-hybridized carbons (Fsp3) is 0.222. The van der Waals surface area contributed by atoms with E-state index in [0.717, 1.165) is 9.80 Å². The fourth-order valence-corrected chi connectivity index (χ4v) is 2.69. The van der Waals surface area contributed by atoms with Crippen LogP contribution in [0.15, 0.2) is 34.7 Å². The Morgan fingerprint density at radius 2 is 1.74 bits per heavy atom. The first-order chi connectivity index (χ1) is 12.9. The molecule has 0 aliphatic carbocycles. The Bertz CT molecular complexity index is 930. The quantitative estimate of drug-likeness (QED) is 0.448. The molecule has 140 valence electrons. The van der Waals surface area contributed by atoms with Crippen molar-refractivity contribution in [1.29, 1.82) is 0 Å². The first kappa shape index (κ1) is 18.2. The van der Waals surface area contributed by atoms with Crippen molar-refractivity contribution < 1.29 is 33.1 Å². The summed E-state index contributed by atoms with van der Waals surface area (Å²) in [6.07, 6.45) is 0. The number of carbonyl (C=O) groups excluding carboxylic acids is 4. The lowest BCUT2D eigenvalue weighted by atomic mass is 10.2. The lowest BCUT2D eigenvalue weighted by Crippen LogP contribution is -2.32. The highest BCUT2D eigenvalue weighted by Gasteiger charge is 2.45. The van der Waals surface area contributed by atoms with E-state index in [4.69, 9.17) is 9.15 Å². The summed E-state index contributed by atoms with van der Waals surface area (Å²) >= 11 is 0. The third kappa shape index (κ3) is 3.14. The van der Waals surface area contributed by atoms with Gasteiger partial charge in [-0.2, -0.15) is 0 Å². The number of amides is 4. The summed E-state index contributed by atoms with van der Waals surface area (Å²) < 4.78 is 15.1. The molecule has 3 rings (SSSR count). The Hall–Kier alpha value is -3.62. The SMILES string of the molecule is COC(=O)c1cc(CN2C(=O)C(=O)N(c3ccc(OC)cc3)C2=O)oc1C. The lowest BCUT2D eigenvalue weighted by Gasteiger charge is -2.15. The van der Waals surface area contributed by atoms with Gasteiger partial charge in [-0.25, -0.2) is 19.4 Å². The number of hydrogen-bond acceptors (Lipinski definition) is 7. The van der Waals surface area contributed by atoms with Gasteiger partial charge in [-0.3, -0.25) is 9.59 Å². The number of benzene rings is 1. The van der Waals surface area contributed by atoms with E-state index in [9.17, 15) is 19.2 Å². The number of aryl methyl sites for hydroxylation is 1. The van der Waals surface area contributed by atoms with Crippen molar-refractivity contribution in [2.75, 3.05) is 19.1 Å². The number of carbonyl (C=O) groups is 4. The second kappa shape index (κ2) is 6.94. The van der Waals surface area contributed by atoms with E-state index in [1.807, 2.05) is 0 Å². The third-order valence-corrected chi connectivity index (χ3v) is 4.07. The maximum Gasteiger partial charge on any atom is 0.341 e. The van der Waals surface area contributed by atoms with Gasteiger partial charge < -0.3 is 13.9 Å². The van der Waals surface area contributed by atoms with Gasteiger partial charge in [0.25, 0.3) is 0 Å². The van der Waals surface area contributed by atoms with Gasteiger partial charge in [-0.1, -0.05) is 0 Å². The zero-order valence-corrected chi connectivity index (χ0v) is 14.8. The molecule has 1 aromatic carbocycles. The minimum absolute atomic E-state index is 0.180. The number of nitrogens with zero attached hydrogens (tertiary/aromatic N) is 2. The topological polar surface area (TPSA) is 106 Å². The van der Waals surface area contributed by atoms with Gasteiger partial charge in [-0.15, -0.1) is 0 Å². The molecule has 1 fully saturated rings. The molecule has 27 heavy (non-hydrogen) atoms.